The monoisotopic (exact) mass is 539 g/mol. The van der Waals surface area contributed by atoms with Gasteiger partial charge in [0.1, 0.15) is 6.10 Å². The summed E-state index contributed by atoms with van der Waals surface area (Å²) in [4.78, 5) is 41.7. The van der Waals surface area contributed by atoms with Crippen LogP contribution in [0.1, 0.15) is 92.4 Å². The van der Waals surface area contributed by atoms with Crippen LogP contribution in [-0.4, -0.2) is 42.7 Å². The number of aromatic nitrogens is 1. The van der Waals surface area contributed by atoms with Crippen molar-refractivity contribution in [1.29, 1.82) is 0 Å². The van der Waals surface area contributed by atoms with Crippen LogP contribution in [0.3, 0.4) is 0 Å². The van der Waals surface area contributed by atoms with E-state index in [9.17, 15) is 14.4 Å². The molecule has 0 spiro atoms. The number of pyridine rings is 1. The lowest BCUT2D eigenvalue weighted by Crippen LogP contribution is -2.32. The van der Waals surface area contributed by atoms with Crippen LogP contribution in [0.2, 0.25) is 0 Å². The summed E-state index contributed by atoms with van der Waals surface area (Å²) in [5.41, 5.74) is 3.65. The number of Topliss-reactive ketones (excluding diaryl/α,β-unsaturated/α-hetero) is 1. The molecule has 212 valence electrons. The van der Waals surface area contributed by atoms with Gasteiger partial charge in [0.25, 0.3) is 0 Å². The number of nitrogens with zero attached hydrogens (tertiary/aromatic N) is 1. The first-order chi connectivity index (χ1) is 18.6. The van der Waals surface area contributed by atoms with Crippen LogP contribution in [-0.2, 0) is 19.1 Å². The summed E-state index contributed by atoms with van der Waals surface area (Å²) < 4.78 is 21.7. The lowest BCUT2D eigenvalue weighted by molar-refractivity contribution is -0.154. The Balaban J connectivity index is 1.73. The molecule has 39 heavy (non-hydrogen) atoms. The summed E-state index contributed by atoms with van der Waals surface area (Å²) in [7, 11) is 1.43. The molecule has 8 nitrogen and oxygen atoms in total. The molecule has 0 amide bonds. The minimum Gasteiger partial charge on any atom is -0.493 e. The minimum absolute atomic E-state index is 0.00422. The summed E-state index contributed by atoms with van der Waals surface area (Å²) >= 11 is 0. The zero-order valence-electron chi connectivity index (χ0n) is 24.0. The van der Waals surface area contributed by atoms with Crippen molar-refractivity contribution in [3.63, 3.8) is 0 Å². The van der Waals surface area contributed by atoms with Crippen molar-refractivity contribution in [2.24, 2.45) is 11.8 Å². The second-order valence-electron chi connectivity index (χ2n) is 10.5. The number of methoxy groups -OCH3 is 1. The minimum atomic E-state index is -0.694. The number of aryl methyl sites for hydroxylation is 2. The molecule has 1 aromatic carbocycles. The number of carbonyl (C=O) groups excluding carboxylic acids is 3. The maximum Gasteiger partial charge on any atom is 0.309 e. The zero-order chi connectivity index (χ0) is 28.5. The first-order valence-corrected chi connectivity index (χ1v) is 13.7. The largest absolute Gasteiger partial charge is 0.493 e. The molecule has 0 bridgehead atoms. The van der Waals surface area contributed by atoms with Crippen molar-refractivity contribution in [2.75, 3.05) is 13.9 Å². The number of benzene rings is 1. The van der Waals surface area contributed by atoms with Crippen LogP contribution >= 0.6 is 0 Å². The van der Waals surface area contributed by atoms with Gasteiger partial charge in [-0.25, -0.2) is 4.98 Å². The van der Waals surface area contributed by atoms with Gasteiger partial charge >= 0.3 is 11.9 Å². The molecule has 0 aliphatic heterocycles. The van der Waals surface area contributed by atoms with Crippen LogP contribution in [0.15, 0.2) is 30.5 Å². The Hall–Kier alpha value is -3.42. The third-order valence-corrected chi connectivity index (χ3v) is 7.46. The number of hydrogen-bond donors (Lipinski definition) is 0. The highest BCUT2D eigenvalue weighted by atomic mass is 16.7. The average Bonchev–Trinajstić information content (AvgIpc) is 2.90. The van der Waals surface area contributed by atoms with Crippen molar-refractivity contribution in [1.82, 2.24) is 4.98 Å². The standard InChI is InChI=1S/C31H41NO7/c1-19-12-13-25(20(2)16-19)28(24-10-8-7-9-11-24)22(4)39-31(35)21(3)17-26(34)29-30(38-18-37-23(5)33)27(36-6)14-15-32-29/h12-16,21-22,24,28H,7-11,17-18H2,1-6H3/t21-,22+,28-/m1/s1. The van der Waals surface area contributed by atoms with Crippen molar-refractivity contribution in [3.8, 4) is 11.5 Å². The van der Waals surface area contributed by atoms with Crippen LogP contribution < -0.4 is 9.47 Å². The molecule has 0 saturated heterocycles. The van der Waals surface area contributed by atoms with E-state index in [0.717, 1.165) is 12.8 Å². The van der Waals surface area contributed by atoms with E-state index < -0.39 is 30.4 Å². The molecule has 1 aliphatic rings. The van der Waals surface area contributed by atoms with Gasteiger partial charge in [0.2, 0.25) is 6.79 Å². The normalized spacial score (nSPS) is 16.1. The number of ether oxygens (including phenoxy) is 4. The highest BCUT2D eigenvalue weighted by Crippen LogP contribution is 2.41. The van der Waals surface area contributed by atoms with E-state index in [-0.39, 0.29) is 35.6 Å². The molecule has 1 aliphatic carbocycles. The predicted octanol–water partition coefficient (Wildman–Crippen LogP) is 6.11. The quantitative estimate of drug-likeness (QED) is 0.181. The number of hydrogen-bond acceptors (Lipinski definition) is 8. The Kier molecular flexibility index (Phi) is 10.9. The van der Waals surface area contributed by atoms with Crippen LogP contribution in [0.4, 0.5) is 0 Å². The molecule has 1 fully saturated rings. The first-order valence-electron chi connectivity index (χ1n) is 13.7. The van der Waals surface area contributed by atoms with Gasteiger partial charge in [-0.3, -0.25) is 14.4 Å². The van der Waals surface area contributed by atoms with E-state index in [2.05, 4.69) is 37.0 Å². The Labute approximate surface area is 231 Å². The molecular weight excluding hydrogens is 498 g/mol. The smallest absolute Gasteiger partial charge is 0.309 e. The summed E-state index contributed by atoms with van der Waals surface area (Å²) in [6, 6.07) is 8.02. The van der Waals surface area contributed by atoms with Crippen molar-refractivity contribution in [3.05, 3.63) is 52.8 Å². The second kappa shape index (κ2) is 14.1. The lowest BCUT2D eigenvalue weighted by atomic mass is 9.73. The van der Waals surface area contributed by atoms with Crippen LogP contribution in [0.5, 0.6) is 11.5 Å². The van der Waals surface area contributed by atoms with E-state index in [1.54, 1.807) is 6.92 Å². The van der Waals surface area contributed by atoms with E-state index >= 15 is 0 Å². The van der Waals surface area contributed by atoms with E-state index in [1.165, 1.54) is 62.2 Å². The second-order valence-corrected chi connectivity index (χ2v) is 10.5. The summed E-state index contributed by atoms with van der Waals surface area (Å²) in [6.07, 6.45) is 6.82. The molecule has 0 radical (unpaired) electrons. The van der Waals surface area contributed by atoms with Gasteiger partial charge in [-0.2, -0.15) is 0 Å². The molecule has 3 rings (SSSR count). The third kappa shape index (κ3) is 8.04. The fraction of sp³-hybridized carbons (Fsp3) is 0.548. The SMILES string of the molecule is COc1ccnc(C(=O)C[C@@H](C)C(=O)O[C@@H](C)[C@@H](c2ccc(C)cc2C)C2CCCCC2)c1OCOC(C)=O. The number of esters is 2. The topological polar surface area (TPSA) is 101 Å². The van der Waals surface area contributed by atoms with Gasteiger partial charge in [0.15, 0.2) is 23.0 Å². The van der Waals surface area contributed by atoms with Crippen molar-refractivity contribution in [2.45, 2.75) is 85.2 Å². The number of carbonyl (C=O) groups is 3. The maximum atomic E-state index is 13.2. The Bertz CT molecular complexity index is 1160. The molecule has 0 N–H and O–H groups in total. The van der Waals surface area contributed by atoms with Gasteiger partial charge in [0.05, 0.1) is 13.0 Å². The van der Waals surface area contributed by atoms with E-state index in [1.807, 2.05) is 6.92 Å². The maximum absolute atomic E-state index is 13.2. The summed E-state index contributed by atoms with van der Waals surface area (Å²) in [5, 5.41) is 0. The summed E-state index contributed by atoms with van der Waals surface area (Å²) in [5.74, 6) is -1.17. The highest BCUT2D eigenvalue weighted by molar-refractivity contribution is 5.99. The molecular formula is C31H41NO7. The Morgan fingerprint density at radius 2 is 1.77 bits per heavy atom. The van der Waals surface area contributed by atoms with Crippen molar-refractivity contribution < 1.29 is 33.3 Å². The van der Waals surface area contributed by atoms with Gasteiger partial charge in [-0.1, -0.05) is 49.9 Å². The molecule has 8 heteroatoms. The number of ketones is 1. The fourth-order valence-electron chi connectivity index (χ4n) is 5.51. The Morgan fingerprint density at radius 1 is 1.05 bits per heavy atom. The van der Waals surface area contributed by atoms with Gasteiger partial charge in [-0.05, 0) is 50.7 Å². The fourth-order valence-corrected chi connectivity index (χ4v) is 5.51. The van der Waals surface area contributed by atoms with Gasteiger partial charge < -0.3 is 18.9 Å². The third-order valence-electron chi connectivity index (χ3n) is 7.46. The van der Waals surface area contributed by atoms with Crippen molar-refractivity contribution >= 4 is 17.7 Å². The predicted molar refractivity (Wildman–Crippen MR) is 147 cm³/mol. The Morgan fingerprint density at radius 3 is 2.41 bits per heavy atom. The molecule has 3 atom stereocenters. The average molecular weight is 540 g/mol. The number of rotatable bonds is 12. The summed E-state index contributed by atoms with van der Waals surface area (Å²) in [6.45, 7) is 8.71. The molecule has 1 aromatic heterocycles. The molecule has 1 heterocycles. The van der Waals surface area contributed by atoms with Gasteiger partial charge in [0, 0.05) is 31.5 Å². The van der Waals surface area contributed by atoms with E-state index in [4.69, 9.17) is 18.9 Å². The molecule has 0 unspecified atom stereocenters. The highest BCUT2D eigenvalue weighted by Gasteiger charge is 2.34. The lowest BCUT2D eigenvalue weighted by Gasteiger charge is -2.35. The zero-order valence-corrected chi connectivity index (χ0v) is 24.0. The van der Waals surface area contributed by atoms with Crippen LogP contribution in [0.25, 0.3) is 0 Å². The molecule has 1 saturated carbocycles. The van der Waals surface area contributed by atoms with Gasteiger partial charge in [-0.15, -0.1) is 0 Å². The van der Waals surface area contributed by atoms with E-state index in [0.29, 0.717) is 5.92 Å². The first kappa shape index (κ1) is 30.1. The molecule has 2 aromatic rings. The van der Waals surface area contributed by atoms with Crippen LogP contribution in [0, 0.1) is 25.7 Å².